The molecule has 4 heteroatoms. The van der Waals surface area contributed by atoms with Crippen molar-refractivity contribution in [3.05, 3.63) is 81.8 Å². The van der Waals surface area contributed by atoms with Crippen LogP contribution in [0.25, 0.3) is 11.0 Å². The molecule has 2 aromatic carbocycles. The van der Waals surface area contributed by atoms with Crippen molar-refractivity contribution in [1.29, 1.82) is 0 Å². The molecule has 4 aromatic rings. The van der Waals surface area contributed by atoms with Gasteiger partial charge in [-0.3, -0.25) is 0 Å². The Kier molecular flexibility index (Phi) is 5.77. The van der Waals surface area contributed by atoms with E-state index in [1.807, 2.05) is 0 Å². The highest BCUT2D eigenvalue weighted by Gasteiger charge is 2.11. The molecule has 0 saturated carbocycles. The van der Waals surface area contributed by atoms with E-state index >= 15 is 0 Å². The number of rotatable bonds is 8. The van der Waals surface area contributed by atoms with Crippen molar-refractivity contribution in [3.63, 3.8) is 0 Å². The van der Waals surface area contributed by atoms with Gasteiger partial charge in [0.05, 0.1) is 17.6 Å². The first kappa shape index (κ1) is 18.8. The Hall–Kier alpha value is -2.59. The zero-order valence-corrected chi connectivity index (χ0v) is 17.3. The van der Waals surface area contributed by atoms with Gasteiger partial charge in [-0.25, -0.2) is 4.98 Å². The molecule has 4 rings (SSSR count). The van der Waals surface area contributed by atoms with Crippen molar-refractivity contribution in [1.82, 2.24) is 9.55 Å². The smallest absolute Gasteiger partial charge is 0.119 e. The van der Waals surface area contributed by atoms with Gasteiger partial charge in [-0.15, -0.1) is 11.3 Å². The topological polar surface area (TPSA) is 27.1 Å². The monoisotopic (exact) mass is 390 g/mol. The number of benzene rings is 2. The molecule has 0 fully saturated rings. The lowest BCUT2D eigenvalue weighted by Gasteiger charge is -2.11. The fourth-order valence-electron chi connectivity index (χ4n) is 3.66. The van der Waals surface area contributed by atoms with Crippen LogP contribution in [0.2, 0.25) is 0 Å². The fourth-order valence-corrected chi connectivity index (χ4v) is 4.36. The maximum Gasteiger partial charge on any atom is 0.119 e. The maximum atomic E-state index is 5.97. The van der Waals surface area contributed by atoms with Crippen LogP contribution in [0.1, 0.15) is 34.7 Å². The molecule has 3 nitrogen and oxygen atoms in total. The molecule has 0 aliphatic heterocycles. The van der Waals surface area contributed by atoms with E-state index in [0.29, 0.717) is 0 Å². The van der Waals surface area contributed by atoms with E-state index in [2.05, 4.69) is 78.4 Å². The van der Waals surface area contributed by atoms with Crippen LogP contribution in [0.5, 0.6) is 5.75 Å². The van der Waals surface area contributed by atoms with Gasteiger partial charge in [-0.05, 0) is 73.5 Å². The SMILES string of the molecule is Cc1cc(C)cc(OCCCCn2c(Cc3cccs3)nc3ccccc32)c1. The summed E-state index contributed by atoms with van der Waals surface area (Å²) in [7, 11) is 0. The summed E-state index contributed by atoms with van der Waals surface area (Å²) in [5, 5.41) is 2.13. The summed E-state index contributed by atoms with van der Waals surface area (Å²) in [6, 6.07) is 19.1. The number of fused-ring (bicyclic) bond motifs is 1. The standard InChI is InChI=1S/C24H26N2OS/c1-18-14-19(2)16-20(15-18)27-12-6-5-11-26-23-10-4-3-9-22(23)25-24(26)17-21-8-7-13-28-21/h3-4,7-10,13-16H,5-6,11-12,17H2,1-2H3. The highest BCUT2D eigenvalue weighted by atomic mass is 32.1. The summed E-state index contributed by atoms with van der Waals surface area (Å²) in [6.45, 7) is 5.94. The normalized spacial score (nSPS) is 11.2. The minimum atomic E-state index is 0.746. The number of aromatic nitrogens is 2. The maximum absolute atomic E-state index is 5.97. The van der Waals surface area contributed by atoms with Gasteiger partial charge >= 0.3 is 0 Å². The van der Waals surface area contributed by atoms with Gasteiger partial charge in [-0.1, -0.05) is 24.3 Å². The van der Waals surface area contributed by atoms with Crippen LogP contribution in [0.3, 0.4) is 0 Å². The molecular weight excluding hydrogens is 364 g/mol. The number of hydrogen-bond acceptors (Lipinski definition) is 3. The Bertz CT molecular complexity index is 1030. The number of ether oxygens (including phenoxy) is 1. The lowest BCUT2D eigenvalue weighted by Crippen LogP contribution is -2.06. The van der Waals surface area contributed by atoms with E-state index in [1.165, 1.54) is 21.5 Å². The van der Waals surface area contributed by atoms with E-state index in [-0.39, 0.29) is 0 Å². The summed E-state index contributed by atoms with van der Waals surface area (Å²) in [4.78, 5) is 6.25. The van der Waals surface area contributed by atoms with Crippen LogP contribution >= 0.6 is 11.3 Å². The summed E-state index contributed by atoms with van der Waals surface area (Å²) in [6.07, 6.45) is 2.99. The van der Waals surface area contributed by atoms with E-state index in [4.69, 9.17) is 9.72 Å². The zero-order chi connectivity index (χ0) is 19.3. The molecule has 0 bridgehead atoms. The van der Waals surface area contributed by atoms with Gasteiger partial charge in [0.25, 0.3) is 0 Å². The second-order valence-corrected chi connectivity index (χ2v) is 8.34. The first-order valence-electron chi connectivity index (χ1n) is 9.87. The summed E-state index contributed by atoms with van der Waals surface area (Å²) >= 11 is 1.79. The molecule has 0 aliphatic rings. The van der Waals surface area contributed by atoms with E-state index in [0.717, 1.165) is 49.5 Å². The number of aryl methyl sites for hydroxylation is 3. The molecule has 2 aromatic heterocycles. The zero-order valence-electron chi connectivity index (χ0n) is 16.5. The Balaban J connectivity index is 1.39. The molecule has 2 heterocycles. The summed E-state index contributed by atoms with van der Waals surface area (Å²) in [5.41, 5.74) is 4.81. The fraction of sp³-hybridized carbons (Fsp3) is 0.292. The van der Waals surface area contributed by atoms with Gasteiger partial charge < -0.3 is 9.30 Å². The van der Waals surface area contributed by atoms with Crippen LogP contribution < -0.4 is 4.74 Å². The number of para-hydroxylation sites is 2. The van der Waals surface area contributed by atoms with Crippen LogP contribution in [0, 0.1) is 13.8 Å². The molecule has 28 heavy (non-hydrogen) atoms. The number of imidazole rings is 1. The van der Waals surface area contributed by atoms with Crippen molar-refractivity contribution in [2.24, 2.45) is 0 Å². The highest BCUT2D eigenvalue weighted by Crippen LogP contribution is 2.21. The average Bonchev–Trinajstić information content (AvgIpc) is 3.29. The molecule has 144 valence electrons. The van der Waals surface area contributed by atoms with Gasteiger partial charge in [0.2, 0.25) is 0 Å². The van der Waals surface area contributed by atoms with Crippen molar-refractivity contribution >= 4 is 22.4 Å². The van der Waals surface area contributed by atoms with E-state index < -0.39 is 0 Å². The van der Waals surface area contributed by atoms with Crippen molar-refractivity contribution in [3.8, 4) is 5.75 Å². The molecule has 0 aliphatic carbocycles. The van der Waals surface area contributed by atoms with Crippen LogP contribution in [-0.4, -0.2) is 16.2 Å². The second-order valence-electron chi connectivity index (χ2n) is 7.30. The number of hydrogen-bond donors (Lipinski definition) is 0. The largest absolute Gasteiger partial charge is 0.494 e. The first-order valence-corrected chi connectivity index (χ1v) is 10.7. The summed E-state index contributed by atoms with van der Waals surface area (Å²) < 4.78 is 8.35. The third kappa shape index (κ3) is 4.45. The highest BCUT2D eigenvalue weighted by molar-refractivity contribution is 7.09. The third-order valence-corrected chi connectivity index (χ3v) is 5.76. The van der Waals surface area contributed by atoms with Gasteiger partial charge in [0, 0.05) is 17.8 Å². The molecule has 0 saturated heterocycles. The molecule has 0 spiro atoms. The predicted octanol–water partition coefficient (Wildman–Crippen LogP) is 6.16. The Labute approximate surface area is 170 Å². The molecule has 0 atom stereocenters. The minimum absolute atomic E-state index is 0.746. The number of nitrogens with zero attached hydrogens (tertiary/aromatic N) is 2. The van der Waals surface area contributed by atoms with Crippen molar-refractivity contribution < 1.29 is 4.74 Å². The lowest BCUT2D eigenvalue weighted by atomic mass is 10.1. The Morgan fingerprint density at radius 2 is 1.79 bits per heavy atom. The predicted molar refractivity (Wildman–Crippen MR) is 118 cm³/mol. The van der Waals surface area contributed by atoms with Gasteiger partial charge in [-0.2, -0.15) is 0 Å². The van der Waals surface area contributed by atoms with Crippen LogP contribution in [0.4, 0.5) is 0 Å². The molecule has 0 N–H and O–H groups in total. The van der Waals surface area contributed by atoms with Gasteiger partial charge in [0.15, 0.2) is 0 Å². The van der Waals surface area contributed by atoms with E-state index in [9.17, 15) is 0 Å². The molecule has 0 amide bonds. The Morgan fingerprint density at radius 3 is 2.57 bits per heavy atom. The first-order chi connectivity index (χ1) is 13.7. The third-order valence-electron chi connectivity index (χ3n) is 4.89. The quantitative estimate of drug-likeness (QED) is 0.337. The lowest BCUT2D eigenvalue weighted by molar-refractivity contribution is 0.303. The van der Waals surface area contributed by atoms with Crippen LogP contribution in [0.15, 0.2) is 60.0 Å². The molecule has 0 unspecified atom stereocenters. The van der Waals surface area contributed by atoms with Crippen molar-refractivity contribution in [2.75, 3.05) is 6.61 Å². The summed E-state index contributed by atoms with van der Waals surface area (Å²) in [5.74, 6) is 2.13. The van der Waals surface area contributed by atoms with Crippen LogP contribution in [-0.2, 0) is 13.0 Å². The number of thiophene rings is 1. The second kappa shape index (κ2) is 8.61. The van der Waals surface area contributed by atoms with E-state index in [1.54, 1.807) is 11.3 Å². The minimum Gasteiger partial charge on any atom is -0.494 e. The van der Waals surface area contributed by atoms with Gasteiger partial charge in [0.1, 0.15) is 11.6 Å². The number of unbranched alkanes of at least 4 members (excludes halogenated alkanes) is 1. The molecule has 0 radical (unpaired) electrons. The average molecular weight is 391 g/mol. The van der Waals surface area contributed by atoms with Crippen molar-refractivity contribution in [2.45, 2.75) is 39.7 Å². The Morgan fingerprint density at radius 1 is 0.964 bits per heavy atom. The molecular formula is C24H26N2OS.